The zero-order valence-corrected chi connectivity index (χ0v) is 13.7. The Morgan fingerprint density at radius 1 is 1.48 bits per heavy atom. The Labute approximate surface area is 128 Å². The van der Waals surface area contributed by atoms with Gasteiger partial charge in [-0.15, -0.1) is 0 Å². The highest BCUT2D eigenvalue weighted by molar-refractivity contribution is 5.76. The van der Waals surface area contributed by atoms with Crippen molar-refractivity contribution in [1.82, 2.24) is 0 Å². The number of carbonyl (C=O) groups excluding carboxylic acids is 1. The molecule has 0 heterocycles. The molecule has 0 bridgehead atoms. The van der Waals surface area contributed by atoms with Crippen molar-refractivity contribution < 1.29 is 14.6 Å². The van der Waals surface area contributed by atoms with Gasteiger partial charge in [0.25, 0.3) is 0 Å². The summed E-state index contributed by atoms with van der Waals surface area (Å²) in [6.07, 6.45) is 10.2. The van der Waals surface area contributed by atoms with Gasteiger partial charge in [0.1, 0.15) is 5.60 Å². The Balaban J connectivity index is 2.09. The number of aliphatic hydroxyl groups is 1. The van der Waals surface area contributed by atoms with Crippen molar-refractivity contribution in [2.24, 2.45) is 17.3 Å². The first-order valence-electron chi connectivity index (χ1n) is 8.01. The summed E-state index contributed by atoms with van der Waals surface area (Å²) in [5.41, 5.74) is 0.242. The van der Waals surface area contributed by atoms with Crippen LogP contribution in [-0.4, -0.2) is 23.3 Å². The Kier molecular flexibility index (Phi) is 4.62. The second kappa shape index (κ2) is 5.96. The van der Waals surface area contributed by atoms with Crippen LogP contribution < -0.4 is 0 Å². The number of allylic oxidation sites excluding steroid dienone is 3. The van der Waals surface area contributed by atoms with Gasteiger partial charge in [-0.1, -0.05) is 19.1 Å². The summed E-state index contributed by atoms with van der Waals surface area (Å²) in [7, 11) is 0. The van der Waals surface area contributed by atoms with Crippen LogP contribution in [0.2, 0.25) is 0 Å². The molecule has 118 valence electrons. The fourth-order valence-electron chi connectivity index (χ4n) is 3.23. The number of aliphatic hydroxyl groups excluding tert-OH is 1. The molecule has 2 aliphatic carbocycles. The molecule has 0 aromatic carbocycles. The molecule has 0 fully saturated rings. The van der Waals surface area contributed by atoms with E-state index in [0.29, 0.717) is 18.3 Å². The number of esters is 1. The van der Waals surface area contributed by atoms with Crippen LogP contribution in [0.15, 0.2) is 23.8 Å². The molecule has 0 unspecified atom stereocenters. The van der Waals surface area contributed by atoms with Gasteiger partial charge in [0.15, 0.2) is 0 Å². The molecule has 0 saturated heterocycles. The minimum Gasteiger partial charge on any atom is -0.455 e. The molecule has 3 heteroatoms. The van der Waals surface area contributed by atoms with E-state index in [9.17, 15) is 4.79 Å². The highest BCUT2D eigenvalue weighted by atomic mass is 16.6. The molecule has 2 rings (SSSR count). The second-order valence-electron chi connectivity index (χ2n) is 7.52. The topological polar surface area (TPSA) is 46.5 Å². The SMILES string of the molecule is C[C@H]1C=C2C=C[C@@](C)(OC(=O)C(C)(C)CCO)C[C@@H]2CC1. The lowest BCUT2D eigenvalue weighted by atomic mass is 9.73. The highest BCUT2D eigenvalue weighted by Crippen LogP contribution is 2.41. The minimum atomic E-state index is -0.636. The van der Waals surface area contributed by atoms with Crippen molar-refractivity contribution in [2.75, 3.05) is 6.61 Å². The molecule has 2 aliphatic rings. The molecule has 21 heavy (non-hydrogen) atoms. The zero-order valence-electron chi connectivity index (χ0n) is 13.7. The van der Waals surface area contributed by atoms with E-state index in [1.807, 2.05) is 26.8 Å². The van der Waals surface area contributed by atoms with Crippen molar-refractivity contribution in [3.05, 3.63) is 23.8 Å². The van der Waals surface area contributed by atoms with E-state index in [4.69, 9.17) is 9.84 Å². The molecular weight excluding hydrogens is 264 g/mol. The zero-order chi connectivity index (χ0) is 15.7. The van der Waals surface area contributed by atoms with E-state index in [-0.39, 0.29) is 12.6 Å². The first-order valence-corrected chi connectivity index (χ1v) is 8.01. The average Bonchev–Trinajstić information content (AvgIpc) is 2.39. The number of hydrogen-bond acceptors (Lipinski definition) is 3. The first-order chi connectivity index (χ1) is 9.76. The van der Waals surface area contributed by atoms with Gasteiger partial charge in [0.2, 0.25) is 0 Å². The van der Waals surface area contributed by atoms with E-state index < -0.39 is 11.0 Å². The molecule has 0 aliphatic heterocycles. The summed E-state index contributed by atoms with van der Waals surface area (Å²) in [6, 6.07) is 0. The predicted octanol–water partition coefficient (Wildman–Crippen LogP) is 3.63. The van der Waals surface area contributed by atoms with Gasteiger partial charge in [-0.3, -0.25) is 4.79 Å². The summed E-state index contributed by atoms with van der Waals surface area (Å²) >= 11 is 0. The maximum absolute atomic E-state index is 12.4. The summed E-state index contributed by atoms with van der Waals surface area (Å²) in [5, 5.41) is 9.07. The van der Waals surface area contributed by atoms with Gasteiger partial charge < -0.3 is 9.84 Å². The smallest absolute Gasteiger partial charge is 0.312 e. The van der Waals surface area contributed by atoms with Crippen molar-refractivity contribution in [3.8, 4) is 0 Å². The van der Waals surface area contributed by atoms with Crippen molar-refractivity contribution in [3.63, 3.8) is 0 Å². The second-order valence-corrected chi connectivity index (χ2v) is 7.52. The third kappa shape index (κ3) is 3.76. The molecule has 1 N–H and O–H groups in total. The van der Waals surface area contributed by atoms with Gasteiger partial charge in [0, 0.05) is 6.61 Å². The number of fused-ring (bicyclic) bond motifs is 1. The summed E-state index contributed by atoms with van der Waals surface area (Å²) < 4.78 is 5.81. The molecule has 0 saturated carbocycles. The minimum absolute atomic E-state index is 0.00204. The largest absolute Gasteiger partial charge is 0.455 e. The van der Waals surface area contributed by atoms with E-state index in [0.717, 1.165) is 6.42 Å². The van der Waals surface area contributed by atoms with Crippen molar-refractivity contribution in [2.45, 2.75) is 59.0 Å². The number of ether oxygens (including phenoxy) is 1. The fraction of sp³-hybridized carbons (Fsp3) is 0.722. The third-order valence-electron chi connectivity index (χ3n) is 4.81. The van der Waals surface area contributed by atoms with E-state index in [2.05, 4.69) is 19.1 Å². The van der Waals surface area contributed by atoms with E-state index >= 15 is 0 Å². The predicted molar refractivity (Wildman–Crippen MR) is 83.7 cm³/mol. The summed E-state index contributed by atoms with van der Waals surface area (Å²) in [4.78, 5) is 12.4. The Bertz CT molecular complexity index is 461. The van der Waals surface area contributed by atoms with Crippen LogP contribution in [0.1, 0.15) is 53.4 Å². The van der Waals surface area contributed by atoms with Crippen LogP contribution in [0.25, 0.3) is 0 Å². The molecule has 3 atom stereocenters. The number of carbonyl (C=O) groups is 1. The highest BCUT2D eigenvalue weighted by Gasteiger charge is 2.39. The first kappa shape index (κ1) is 16.3. The molecule has 0 spiro atoms. The molecule has 3 nitrogen and oxygen atoms in total. The maximum atomic E-state index is 12.4. The van der Waals surface area contributed by atoms with Crippen LogP contribution in [0, 0.1) is 17.3 Å². The van der Waals surface area contributed by atoms with Gasteiger partial charge in [-0.25, -0.2) is 0 Å². The fourth-order valence-corrected chi connectivity index (χ4v) is 3.23. The Morgan fingerprint density at radius 3 is 2.86 bits per heavy atom. The molecule has 0 radical (unpaired) electrons. The Morgan fingerprint density at radius 2 is 2.19 bits per heavy atom. The quantitative estimate of drug-likeness (QED) is 0.805. The Hall–Kier alpha value is -1.09. The van der Waals surface area contributed by atoms with Crippen LogP contribution >= 0.6 is 0 Å². The maximum Gasteiger partial charge on any atom is 0.312 e. The van der Waals surface area contributed by atoms with Gasteiger partial charge in [-0.2, -0.15) is 0 Å². The summed E-state index contributed by atoms with van der Waals surface area (Å²) in [5.74, 6) is 0.932. The van der Waals surface area contributed by atoms with Crippen LogP contribution in [0.3, 0.4) is 0 Å². The lowest BCUT2D eigenvalue weighted by Crippen LogP contribution is -2.40. The van der Waals surface area contributed by atoms with Crippen LogP contribution in [-0.2, 0) is 9.53 Å². The normalized spacial score (nSPS) is 32.3. The monoisotopic (exact) mass is 292 g/mol. The molecule has 0 amide bonds. The van der Waals surface area contributed by atoms with Crippen LogP contribution in [0.4, 0.5) is 0 Å². The van der Waals surface area contributed by atoms with Gasteiger partial charge in [-0.05, 0) is 69.9 Å². The van der Waals surface area contributed by atoms with Gasteiger partial charge in [0.05, 0.1) is 5.41 Å². The lowest BCUT2D eigenvalue weighted by Gasteiger charge is -2.39. The van der Waals surface area contributed by atoms with Crippen LogP contribution in [0.5, 0.6) is 0 Å². The lowest BCUT2D eigenvalue weighted by molar-refractivity contribution is -0.167. The number of rotatable bonds is 4. The molecular formula is C18H28O3. The van der Waals surface area contributed by atoms with E-state index in [1.54, 1.807) is 0 Å². The third-order valence-corrected chi connectivity index (χ3v) is 4.81. The van der Waals surface area contributed by atoms with Crippen molar-refractivity contribution in [1.29, 1.82) is 0 Å². The molecule has 0 aromatic rings. The average molecular weight is 292 g/mol. The standard InChI is InChI=1S/C18H28O3/c1-13-5-6-15-12-18(4,8-7-14(15)11-13)21-16(20)17(2,3)9-10-19/h7-8,11,13,15,19H,5-6,9-10,12H2,1-4H3/t13-,15+,18-/m1/s1. The van der Waals surface area contributed by atoms with E-state index in [1.165, 1.54) is 18.4 Å². The van der Waals surface area contributed by atoms with Gasteiger partial charge >= 0.3 is 5.97 Å². The van der Waals surface area contributed by atoms with Crippen molar-refractivity contribution >= 4 is 5.97 Å². The summed E-state index contributed by atoms with van der Waals surface area (Å²) in [6.45, 7) is 7.90. The number of hydrogen-bond donors (Lipinski definition) is 1. The molecule has 0 aromatic heterocycles.